The van der Waals surface area contributed by atoms with Crippen molar-refractivity contribution in [2.45, 2.75) is 56.7 Å². The molecule has 10 heteroatoms. The van der Waals surface area contributed by atoms with Crippen LogP contribution in [-0.4, -0.2) is 74.6 Å². The molecule has 2 fully saturated rings. The number of aromatic nitrogens is 1. The Morgan fingerprint density at radius 3 is 2.69 bits per heavy atom. The van der Waals surface area contributed by atoms with Crippen molar-refractivity contribution in [2.24, 2.45) is 11.8 Å². The third kappa shape index (κ3) is 4.81. The van der Waals surface area contributed by atoms with Crippen LogP contribution in [-0.2, 0) is 20.9 Å². The van der Waals surface area contributed by atoms with Gasteiger partial charge in [0.05, 0.1) is 18.1 Å². The number of carboxylic acids is 1. The van der Waals surface area contributed by atoms with E-state index >= 15 is 0 Å². The Morgan fingerprint density at radius 1 is 1.34 bits per heavy atom. The number of likely N-dealkylation sites (tertiary alicyclic amines) is 1. The van der Waals surface area contributed by atoms with Crippen LogP contribution in [0, 0.1) is 11.8 Å². The summed E-state index contributed by atoms with van der Waals surface area (Å²) in [5.41, 5.74) is 0.0125. The van der Waals surface area contributed by atoms with Gasteiger partial charge < -0.3 is 24.7 Å². The van der Waals surface area contributed by atoms with Gasteiger partial charge in [-0.15, -0.1) is 11.8 Å². The van der Waals surface area contributed by atoms with Crippen molar-refractivity contribution >= 4 is 29.7 Å². The van der Waals surface area contributed by atoms with E-state index in [1.54, 1.807) is 11.8 Å². The highest BCUT2D eigenvalue weighted by Gasteiger charge is 2.60. The molecule has 0 spiro atoms. The summed E-state index contributed by atoms with van der Waals surface area (Å²) < 4.78 is 7.38. The minimum Gasteiger partial charge on any atom is -0.477 e. The maximum atomic E-state index is 12.8. The molecular weight excluding hydrogens is 470 g/mol. The van der Waals surface area contributed by atoms with Crippen molar-refractivity contribution in [3.8, 4) is 0 Å². The third-order valence-corrected chi connectivity index (χ3v) is 8.53. The van der Waals surface area contributed by atoms with Crippen LogP contribution >= 0.6 is 11.8 Å². The summed E-state index contributed by atoms with van der Waals surface area (Å²) in [6.07, 6.45) is 5.65. The molecule has 3 aliphatic rings. The molecule has 1 aromatic heterocycles. The van der Waals surface area contributed by atoms with Crippen molar-refractivity contribution in [3.63, 3.8) is 0 Å². The van der Waals surface area contributed by atoms with Crippen LogP contribution in [0.1, 0.15) is 26.7 Å². The molecule has 0 bridgehead atoms. The SMILES string of the molecule is C=CCOC(=O)N1C[C@@H](SC2=C(C(=O)O)N3C(=O)[C@H]([C@@H](C)O)[C@H]3[C@H]2C)C[C@H]1CC[n+]1ccccc1. The van der Waals surface area contributed by atoms with Crippen molar-refractivity contribution in [3.05, 3.63) is 53.8 Å². The zero-order valence-corrected chi connectivity index (χ0v) is 20.8. The molecule has 2 N–H and O–H groups in total. The van der Waals surface area contributed by atoms with Gasteiger partial charge in [-0.2, -0.15) is 0 Å². The predicted octanol–water partition coefficient (Wildman–Crippen LogP) is 2.02. The number of carbonyl (C=O) groups is 3. The van der Waals surface area contributed by atoms with Gasteiger partial charge in [0.25, 0.3) is 0 Å². The van der Waals surface area contributed by atoms with Crippen LogP contribution in [0.25, 0.3) is 0 Å². The van der Waals surface area contributed by atoms with E-state index in [9.17, 15) is 24.6 Å². The van der Waals surface area contributed by atoms with Gasteiger partial charge in [0, 0.05) is 47.2 Å². The number of ether oxygens (including phenoxy) is 1. The average molecular weight is 503 g/mol. The highest BCUT2D eigenvalue weighted by atomic mass is 32.2. The second-order valence-corrected chi connectivity index (χ2v) is 10.7. The van der Waals surface area contributed by atoms with Gasteiger partial charge in [0.2, 0.25) is 5.91 Å². The number of hydrogen-bond donors (Lipinski definition) is 2. The number of carbonyl (C=O) groups excluding carboxylic acids is 2. The molecule has 1 aromatic rings. The second-order valence-electron chi connectivity index (χ2n) is 9.32. The topological polar surface area (TPSA) is 111 Å². The molecule has 0 aliphatic carbocycles. The van der Waals surface area contributed by atoms with E-state index in [0.717, 1.165) is 13.0 Å². The summed E-state index contributed by atoms with van der Waals surface area (Å²) >= 11 is 1.44. The van der Waals surface area contributed by atoms with Crippen LogP contribution in [0.4, 0.5) is 4.79 Å². The van der Waals surface area contributed by atoms with E-state index in [1.807, 2.05) is 37.5 Å². The van der Waals surface area contributed by atoms with E-state index in [2.05, 4.69) is 11.1 Å². The standard InChI is InChI=1S/C25H31N3O6S/c1-4-12-34-25(33)27-14-18(13-17(27)8-11-26-9-6-5-7-10-26)35-22-15(2)20-19(16(3)29)23(30)28(20)21(22)24(31)32/h4-7,9-10,15-20,29H,1,8,11-14H2,2-3H3/p+1/t15-,16-,17-,18+,19-,20-/m1/s1. The van der Waals surface area contributed by atoms with Gasteiger partial charge in [-0.05, 0) is 13.3 Å². The second kappa shape index (κ2) is 10.4. The number of rotatable bonds is 9. The monoisotopic (exact) mass is 502 g/mol. The van der Waals surface area contributed by atoms with Crippen molar-refractivity contribution in [1.29, 1.82) is 0 Å². The van der Waals surface area contributed by atoms with Crippen molar-refractivity contribution in [1.82, 2.24) is 9.80 Å². The molecule has 6 atom stereocenters. The van der Waals surface area contributed by atoms with Gasteiger partial charge in [0.1, 0.15) is 18.8 Å². The molecule has 2 saturated heterocycles. The highest BCUT2D eigenvalue weighted by molar-refractivity contribution is 8.03. The summed E-state index contributed by atoms with van der Waals surface area (Å²) in [5.74, 6) is -2.29. The number of aliphatic carboxylic acids is 1. The fourth-order valence-corrected chi connectivity index (χ4v) is 6.97. The van der Waals surface area contributed by atoms with Gasteiger partial charge >= 0.3 is 12.1 Å². The Bertz CT molecular complexity index is 1030. The van der Waals surface area contributed by atoms with Crippen LogP contribution < -0.4 is 4.57 Å². The number of amides is 2. The molecular formula is C25H32N3O6S+. The number of pyridine rings is 1. The summed E-state index contributed by atoms with van der Waals surface area (Å²) in [4.78, 5) is 41.2. The van der Waals surface area contributed by atoms with Gasteiger partial charge in [-0.25, -0.2) is 14.2 Å². The zero-order chi connectivity index (χ0) is 25.3. The Hall–Kier alpha value is -2.85. The lowest BCUT2D eigenvalue weighted by Gasteiger charge is -2.46. The number of fused-ring (bicyclic) bond motifs is 1. The highest BCUT2D eigenvalue weighted by Crippen LogP contribution is 2.52. The maximum Gasteiger partial charge on any atom is 0.410 e. The molecule has 188 valence electrons. The molecule has 2 amide bonds. The minimum absolute atomic E-state index is 0.0125. The molecule has 0 aromatic carbocycles. The summed E-state index contributed by atoms with van der Waals surface area (Å²) in [7, 11) is 0. The Kier molecular flexibility index (Phi) is 7.51. The molecule has 4 heterocycles. The van der Waals surface area contributed by atoms with E-state index < -0.39 is 24.1 Å². The molecule has 0 unspecified atom stereocenters. The van der Waals surface area contributed by atoms with Crippen molar-refractivity contribution in [2.75, 3.05) is 13.2 Å². The van der Waals surface area contributed by atoms with Crippen LogP contribution in [0.2, 0.25) is 0 Å². The number of aliphatic hydroxyl groups is 1. The smallest absolute Gasteiger partial charge is 0.410 e. The van der Waals surface area contributed by atoms with Gasteiger partial charge in [-0.1, -0.05) is 25.6 Å². The molecule has 4 rings (SSSR count). The number of thioether (sulfide) groups is 1. The quantitative estimate of drug-likeness (QED) is 0.302. The number of hydrogen-bond acceptors (Lipinski definition) is 6. The number of aryl methyl sites for hydroxylation is 1. The normalized spacial score (nSPS) is 28.5. The number of β-lactam (4-membered cyclic amide) rings is 1. The third-order valence-electron chi connectivity index (χ3n) is 7.04. The largest absolute Gasteiger partial charge is 0.477 e. The Morgan fingerprint density at radius 2 is 2.06 bits per heavy atom. The Labute approximate surface area is 209 Å². The number of nitrogens with zero attached hydrogens (tertiary/aromatic N) is 3. The molecule has 0 saturated carbocycles. The first kappa shape index (κ1) is 25.2. The summed E-state index contributed by atoms with van der Waals surface area (Å²) in [6.45, 7) is 8.35. The van der Waals surface area contributed by atoms with Crippen molar-refractivity contribution < 1.29 is 33.9 Å². The van der Waals surface area contributed by atoms with E-state index in [0.29, 0.717) is 17.9 Å². The van der Waals surface area contributed by atoms with Gasteiger partial charge in [-0.3, -0.25) is 4.79 Å². The number of aliphatic hydroxyl groups excluding tert-OH is 1. The van der Waals surface area contributed by atoms with E-state index in [1.165, 1.54) is 22.7 Å². The molecule has 35 heavy (non-hydrogen) atoms. The number of carboxylic acid groups (broad SMARTS) is 1. The van der Waals surface area contributed by atoms with E-state index in [4.69, 9.17) is 4.74 Å². The zero-order valence-electron chi connectivity index (χ0n) is 19.9. The molecule has 3 aliphatic heterocycles. The first-order valence-electron chi connectivity index (χ1n) is 11.9. The lowest BCUT2D eigenvalue weighted by atomic mass is 9.79. The van der Waals surface area contributed by atoms with E-state index in [-0.39, 0.29) is 41.5 Å². The van der Waals surface area contributed by atoms with Crippen LogP contribution in [0.15, 0.2) is 53.8 Å². The fraction of sp³-hybridized carbons (Fsp3) is 0.520. The van der Waals surface area contributed by atoms with Crippen LogP contribution in [0.3, 0.4) is 0 Å². The van der Waals surface area contributed by atoms with Gasteiger partial charge in [0.15, 0.2) is 12.4 Å². The fourth-order valence-electron chi connectivity index (χ4n) is 5.41. The van der Waals surface area contributed by atoms with Crippen LogP contribution in [0.5, 0.6) is 0 Å². The molecule has 9 nitrogen and oxygen atoms in total. The maximum absolute atomic E-state index is 12.8. The lowest BCUT2D eigenvalue weighted by Crippen LogP contribution is -2.63. The first-order chi connectivity index (χ1) is 16.7. The average Bonchev–Trinajstić information content (AvgIpc) is 3.34. The summed E-state index contributed by atoms with van der Waals surface area (Å²) in [5, 5.41) is 19.9. The molecule has 0 radical (unpaired) electrons. The first-order valence-corrected chi connectivity index (χ1v) is 12.8. The minimum atomic E-state index is -1.14. The summed E-state index contributed by atoms with van der Waals surface area (Å²) in [6, 6.07) is 5.44. The predicted molar refractivity (Wildman–Crippen MR) is 129 cm³/mol. The lowest BCUT2D eigenvalue weighted by molar-refractivity contribution is -0.697. The Balaban J connectivity index is 1.52.